The van der Waals surface area contributed by atoms with Gasteiger partial charge in [-0.15, -0.1) is 0 Å². The minimum absolute atomic E-state index is 0.173. The van der Waals surface area contributed by atoms with Crippen molar-refractivity contribution in [3.8, 4) is 0 Å². The van der Waals surface area contributed by atoms with Crippen LogP contribution in [0.3, 0.4) is 0 Å². The molecule has 0 radical (unpaired) electrons. The summed E-state index contributed by atoms with van der Waals surface area (Å²) in [6, 6.07) is 5.28. The fraction of sp³-hybridized carbons (Fsp3) is 0.556. The molecule has 3 rings (SSSR count). The second-order valence-electron chi connectivity index (χ2n) is 6.49. The highest BCUT2D eigenvalue weighted by molar-refractivity contribution is 5.88. The fourth-order valence-corrected chi connectivity index (χ4v) is 3.66. The Bertz CT molecular complexity index is 574. The molecule has 4 heteroatoms. The lowest BCUT2D eigenvalue weighted by molar-refractivity contribution is -0.136. The molecule has 1 aliphatic carbocycles. The molecule has 0 aromatic heterocycles. The van der Waals surface area contributed by atoms with Crippen molar-refractivity contribution in [2.24, 2.45) is 5.92 Å². The van der Waals surface area contributed by atoms with E-state index in [2.05, 4.69) is 0 Å². The number of hydrogen-bond donors (Lipinski definition) is 1. The van der Waals surface area contributed by atoms with Gasteiger partial charge in [-0.05, 0) is 42.5 Å². The van der Waals surface area contributed by atoms with Crippen molar-refractivity contribution in [1.82, 2.24) is 4.90 Å². The number of fused-ring (bicyclic) bond motifs is 1. The fourth-order valence-electron chi connectivity index (χ4n) is 3.66. The van der Waals surface area contributed by atoms with E-state index in [-0.39, 0.29) is 11.8 Å². The zero-order valence-corrected chi connectivity index (χ0v) is 12.9. The molecule has 2 aliphatic rings. The summed E-state index contributed by atoms with van der Waals surface area (Å²) in [5.41, 5.74) is 2.48. The number of carbonyl (C=O) groups is 2. The van der Waals surface area contributed by atoms with Crippen LogP contribution in [0.25, 0.3) is 0 Å². The Hall–Kier alpha value is -1.84. The van der Waals surface area contributed by atoms with Crippen molar-refractivity contribution in [2.45, 2.75) is 51.5 Å². The van der Waals surface area contributed by atoms with Gasteiger partial charge in [-0.3, -0.25) is 4.79 Å². The molecule has 1 saturated carbocycles. The first-order valence-corrected chi connectivity index (χ1v) is 8.29. The monoisotopic (exact) mass is 301 g/mol. The number of rotatable bonds is 2. The van der Waals surface area contributed by atoms with Gasteiger partial charge in [-0.1, -0.05) is 31.7 Å². The van der Waals surface area contributed by atoms with E-state index >= 15 is 0 Å². The summed E-state index contributed by atoms with van der Waals surface area (Å²) in [7, 11) is 0. The summed E-state index contributed by atoms with van der Waals surface area (Å²) in [5, 5.41) is 9.12. The van der Waals surface area contributed by atoms with E-state index in [4.69, 9.17) is 5.11 Å². The number of aromatic carboxylic acids is 1. The Kier molecular flexibility index (Phi) is 4.46. The molecule has 22 heavy (non-hydrogen) atoms. The molecule has 1 aromatic rings. The molecule has 1 amide bonds. The molecular formula is C18H23NO3. The summed E-state index contributed by atoms with van der Waals surface area (Å²) in [6.07, 6.45) is 7.65. The minimum atomic E-state index is -0.907. The molecular weight excluding hydrogens is 278 g/mol. The normalized spacial score (nSPS) is 19.4. The highest BCUT2D eigenvalue weighted by atomic mass is 16.4. The molecule has 0 atom stereocenters. The van der Waals surface area contributed by atoms with E-state index in [0.717, 1.165) is 44.2 Å². The third-order valence-electron chi connectivity index (χ3n) is 4.98. The highest BCUT2D eigenvalue weighted by Gasteiger charge is 2.28. The van der Waals surface area contributed by atoms with Crippen molar-refractivity contribution in [3.63, 3.8) is 0 Å². The van der Waals surface area contributed by atoms with Gasteiger partial charge in [0.1, 0.15) is 0 Å². The van der Waals surface area contributed by atoms with Crippen molar-refractivity contribution < 1.29 is 14.7 Å². The van der Waals surface area contributed by atoms with Crippen LogP contribution in [0, 0.1) is 5.92 Å². The maximum absolute atomic E-state index is 12.7. The number of nitrogens with zero attached hydrogens (tertiary/aromatic N) is 1. The molecule has 0 spiro atoms. The first-order chi connectivity index (χ1) is 10.6. The van der Waals surface area contributed by atoms with Crippen LogP contribution in [0.15, 0.2) is 18.2 Å². The highest BCUT2D eigenvalue weighted by Crippen LogP contribution is 2.27. The van der Waals surface area contributed by atoms with Crippen molar-refractivity contribution in [1.29, 1.82) is 0 Å². The number of carboxylic acid groups (broad SMARTS) is 1. The number of carboxylic acids is 1. The van der Waals surface area contributed by atoms with Crippen LogP contribution in [0.2, 0.25) is 0 Å². The Morgan fingerprint density at radius 1 is 1.05 bits per heavy atom. The average Bonchev–Trinajstić information content (AvgIpc) is 2.82. The van der Waals surface area contributed by atoms with Gasteiger partial charge in [0.05, 0.1) is 5.56 Å². The predicted octanol–water partition coefficient (Wildman–Crippen LogP) is 3.24. The molecule has 0 unspecified atom stereocenters. The first-order valence-electron chi connectivity index (χ1n) is 8.29. The minimum Gasteiger partial charge on any atom is -0.478 e. The van der Waals surface area contributed by atoms with Gasteiger partial charge in [0.15, 0.2) is 0 Å². The lowest BCUT2D eigenvalue weighted by atomic mass is 9.94. The van der Waals surface area contributed by atoms with E-state index in [1.54, 1.807) is 12.1 Å². The van der Waals surface area contributed by atoms with Gasteiger partial charge >= 0.3 is 5.97 Å². The first kappa shape index (κ1) is 15.1. The van der Waals surface area contributed by atoms with Crippen LogP contribution < -0.4 is 0 Å². The number of amides is 1. The number of carbonyl (C=O) groups excluding carboxylic acids is 1. The third kappa shape index (κ3) is 3.16. The predicted molar refractivity (Wildman–Crippen MR) is 83.7 cm³/mol. The molecule has 0 bridgehead atoms. The molecule has 1 aromatic carbocycles. The topological polar surface area (TPSA) is 57.6 Å². The average molecular weight is 301 g/mol. The Morgan fingerprint density at radius 2 is 1.77 bits per heavy atom. The van der Waals surface area contributed by atoms with E-state index in [0.29, 0.717) is 12.1 Å². The van der Waals surface area contributed by atoms with E-state index in [1.165, 1.54) is 18.4 Å². The Labute approximate surface area is 131 Å². The SMILES string of the molecule is O=C(O)c1ccc2c(c1)CN(C(=O)C1CCCCCC1)CC2. The quantitative estimate of drug-likeness (QED) is 0.853. The molecule has 4 nitrogen and oxygen atoms in total. The summed E-state index contributed by atoms with van der Waals surface area (Å²) in [5.74, 6) is -0.463. The largest absolute Gasteiger partial charge is 0.478 e. The van der Waals surface area contributed by atoms with Crippen molar-refractivity contribution in [2.75, 3.05) is 6.54 Å². The number of hydrogen-bond acceptors (Lipinski definition) is 2. The van der Waals surface area contributed by atoms with E-state index < -0.39 is 5.97 Å². The molecule has 0 saturated heterocycles. The molecule has 1 fully saturated rings. The van der Waals surface area contributed by atoms with Crippen LogP contribution in [0.1, 0.15) is 60.0 Å². The van der Waals surface area contributed by atoms with Crippen LogP contribution in [0.5, 0.6) is 0 Å². The Balaban J connectivity index is 1.73. The lowest BCUT2D eigenvalue weighted by Gasteiger charge is -2.32. The zero-order valence-electron chi connectivity index (χ0n) is 12.9. The van der Waals surface area contributed by atoms with Crippen LogP contribution in [-0.4, -0.2) is 28.4 Å². The van der Waals surface area contributed by atoms with E-state index in [1.807, 2.05) is 11.0 Å². The number of benzene rings is 1. The summed E-state index contributed by atoms with van der Waals surface area (Å²) in [6.45, 7) is 1.32. The summed E-state index contributed by atoms with van der Waals surface area (Å²) in [4.78, 5) is 25.8. The maximum atomic E-state index is 12.7. The van der Waals surface area contributed by atoms with Gasteiger partial charge in [0, 0.05) is 19.0 Å². The van der Waals surface area contributed by atoms with Gasteiger partial charge in [0.2, 0.25) is 5.91 Å². The van der Waals surface area contributed by atoms with Crippen LogP contribution in [-0.2, 0) is 17.8 Å². The lowest BCUT2D eigenvalue weighted by Crippen LogP contribution is -2.39. The second kappa shape index (κ2) is 6.51. The molecule has 1 N–H and O–H groups in total. The van der Waals surface area contributed by atoms with Gasteiger partial charge in [-0.25, -0.2) is 4.79 Å². The Morgan fingerprint density at radius 3 is 2.45 bits per heavy atom. The van der Waals surface area contributed by atoms with Gasteiger partial charge in [-0.2, -0.15) is 0 Å². The molecule has 1 heterocycles. The van der Waals surface area contributed by atoms with Crippen LogP contribution >= 0.6 is 0 Å². The van der Waals surface area contributed by atoms with Crippen molar-refractivity contribution >= 4 is 11.9 Å². The molecule has 118 valence electrons. The smallest absolute Gasteiger partial charge is 0.335 e. The van der Waals surface area contributed by atoms with Crippen molar-refractivity contribution in [3.05, 3.63) is 34.9 Å². The van der Waals surface area contributed by atoms with Gasteiger partial charge in [0.25, 0.3) is 0 Å². The van der Waals surface area contributed by atoms with E-state index in [9.17, 15) is 9.59 Å². The van der Waals surface area contributed by atoms with Gasteiger partial charge < -0.3 is 10.0 Å². The summed E-state index contributed by atoms with van der Waals surface area (Å²) < 4.78 is 0. The standard InChI is InChI=1S/C18H23NO3/c20-17(14-5-3-1-2-4-6-14)19-10-9-13-7-8-15(18(21)22)11-16(13)12-19/h7-8,11,14H,1-6,9-10,12H2,(H,21,22). The zero-order chi connectivity index (χ0) is 15.5. The molecule has 1 aliphatic heterocycles. The van der Waals surface area contributed by atoms with Crippen LogP contribution in [0.4, 0.5) is 0 Å². The maximum Gasteiger partial charge on any atom is 0.335 e. The second-order valence-corrected chi connectivity index (χ2v) is 6.49. The third-order valence-corrected chi connectivity index (χ3v) is 4.98. The summed E-state index contributed by atoms with van der Waals surface area (Å²) >= 11 is 0.